The minimum absolute atomic E-state index is 0.0258. The molecule has 0 aromatic heterocycles. The van der Waals surface area contributed by atoms with Crippen LogP contribution < -0.4 is 0 Å². The summed E-state index contributed by atoms with van der Waals surface area (Å²) in [7, 11) is 2.11. The van der Waals surface area contributed by atoms with Crippen LogP contribution >= 0.6 is 0 Å². The average molecular weight is 279 g/mol. The number of hydrogen-bond acceptors (Lipinski definition) is 2. The van der Waals surface area contributed by atoms with Crippen LogP contribution in [0.2, 0.25) is 0 Å². The summed E-state index contributed by atoms with van der Waals surface area (Å²) in [6.45, 7) is 5.00. The van der Waals surface area contributed by atoms with Crippen molar-refractivity contribution >= 4 is 5.78 Å². The molecule has 0 heterocycles. The second kappa shape index (κ2) is 5.45. The van der Waals surface area contributed by atoms with Crippen molar-refractivity contribution in [3.8, 4) is 0 Å². The fourth-order valence-electron chi connectivity index (χ4n) is 3.34. The van der Waals surface area contributed by atoms with Gasteiger partial charge in [-0.1, -0.05) is 61.0 Å². The van der Waals surface area contributed by atoms with Crippen molar-refractivity contribution in [3.63, 3.8) is 0 Å². The number of nitrogens with zero attached hydrogens (tertiary/aromatic N) is 1. The van der Waals surface area contributed by atoms with Crippen molar-refractivity contribution in [1.29, 1.82) is 0 Å². The van der Waals surface area contributed by atoms with E-state index >= 15 is 0 Å². The Kier molecular flexibility index (Phi) is 3.64. The van der Waals surface area contributed by atoms with Gasteiger partial charge in [-0.2, -0.15) is 0 Å². The highest BCUT2D eigenvalue weighted by atomic mass is 16.1. The molecule has 0 fully saturated rings. The van der Waals surface area contributed by atoms with Crippen LogP contribution in [0.1, 0.15) is 40.0 Å². The van der Waals surface area contributed by atoms with E-state index in [4.69, 9.17) is 0 Å². The Morgan fingerprint density at radius 1 is 1.05 bits per heavy atom. The predicted molar refractivity (Wildman–Crippen MR) is 85.3 cm³/mol. The number of rotatable bonds is 3. The van der Waals surface area contributed by atoms with Gasteiger partial charge in [0.15, 0.2) is 5.78 Å². The molecule has 3 rings (SSSR count). The van der Waals surface area contributed by atoms with Crippen molar-refractivity contribution in [1.82, 2.24) is 4.90 Å². The zero-order valence-electron chi connectivity index (χ0n) is 12.8. The van der Waals surface area contributed by atoms with E-state index in [1.807, 2.05) is 25.1 Å². The minimum atomic E-state index is 0.0258. The standard InChI is InChI=1S/C19H21NO/c1-13-8-10-15(11-9-13)12-20(3)18-14(2)19(21)17-7-5-4-6-16(17)18/h4-11,14,18H,12H2,1-3H3. The lowest BCUT2D eigenvalue weighted by Gasteiger charge is -2.28. The van der Waals surface area contributed by atoms with Gasteiger partial charge in [-0.05, 0) is 25.1 Å². The van der Waals surface area contributed by atoms with Crippen LogP contribution in [-0.4, -0.2) is 17.7 Å². The lowest BCUT2D eigenvalue weighted by molar-refractivity contribution is 0.0871. The number of benzene rings is 2. The molecule has 2 aromatic carbocycles. The first-order valence-electron chi connectivity index (χ1n) is 7.47. The normalized spacial score (nSPS) is 20.9. The van der Waals surface area contributed by atoms with E-state index in [0.717, 1.165) is 12.1 Å². The van der Waals surface area contributed by atoms with E-state index in [9.17, 15) is 4.79 Å². The molecule has 108 valence electrons. The zero-order valence-corrected chi connectivity index (χ0v) is 12.8. The van der Waals surface area contributed by atoms with Crippen LogP contribution in [0.25, 0.3) is 0 Å². The Labute approximate surface area is 126 Å². The molecule has 2 heteroatoms. The van der Waals surface area contributed by atoms with E-state index in [1.165, 1.54) is 16.7 Å². The molecule has 0 N–H and O–H groups in total. The molecule has 1 aliphatic carbocycles. The smallest absolute Gasteiger partial charge is 0.167 e. The van der Waals surface area contributed by atoms with Crippen molar-refractivity contribution in [2.75, 3.05) is 7.05 Å². The Bertz CT molecular complexity index is 660. The number of aryl methyl sites for hydroxylation is 1. The molecule has 2 unspecified atom stereocenters. The number of carbonyl (C=O) groups excluding carboxylic acids is 1. The minimum Gasteiger partial charge on any atom is -0.294 e. The zero-order chi connectivity index (χ0) is 15.0. The van der Waals surface area contributed by atoms with Gasteiger partial charge < -0.3 is 0 Å². The average Bonchev–Trinajstić information content (AvgIpc) is 2.74. The lowest BCUT2D eigenvalue weighted by atomic mass is 10.00. The largest absolute Gasteiger partial charge is 0.294 e. The van der Waals surface area contributed by atoms with Gasteiger partial charge in [0.25, 0.3) is 0 Å². The van der Waals surface area contributed by atoms with Crippen LogP contribution in [0, 0.1) is 12.8 Å². The van der Waals surface area contributed by atoms with Gasteiger partial charge in [-0.15, -0.1) is 0 Å². The number of fused-ring (bicyclic) bond motifs is 1. The highest BCUT2D eigenvalue weighted by molar-refractivity contribution is 6.02. The van der Waals surface area contributed by atoms with Gasteiger partial charge in [0.1, 0.15) is 0 Å². The summed E-state index contributed by atoms with van der Waals surface area (Å²) in [5.41, 5.74) is 4.62. The third-order valence-corrected chi connectivity index (χ3v) is 4.46. The highest BCUT2D eigenvalue weighted by Gasteiger charge is 2.38. The second-order valence-corrected chi connectivity index (χ2v) is 6.09. The molecule has 2 nitrogen and oxygen atoms in total. The first kappa shape index (κ1) is 14.0. The first-order chi connectivity index (χ1) is 10.1. The predicted octanol–water partition coefficient (Wildman–Crippen LogP) is 4.00. The fraction of sp³-hybridized carbons (Fsp3) is 0.316. The Morgan fingerprint density at radius 3 is 2.43 bits per heavy atom. The maximum absolute atomic E-state index is 12.4. The van der Waals surface area contributed by atoms with Crippen molar-refractivity contribution < 1.29 is 4.79 Å². The van der Waals surface area contributed by atoms with Crippen LogP contribution in [0.3, 0.4) is 0 Å². The van der Waals surface area contributed by atoms with E-state index in [0.29, 0.717) is 0 Å². The molecule has 21 heavy (non-hydrogen) atoms. The van der Waals surface area contributed by atoms with Crippen LogP contribution in [0.5, 0.6) is 0 Å². The SMILES string of the molecule is Cc1ccc(CN(C)C2c3ccccc3C(=O)C2C)cc1. The van der Waals surface area contributed by atoms with Crippen LogP contribution in [0.15, 0.2) is 48.5 Å². The van der Waals surface area contributed by atoms with Gasteiger partial charge in [-0.3, -0.25) is 9.69 Å². The summed E-state index contributed by atoms with van der Waals surface area (Å²) in [5, 5.41) is 0. The van der Waals surface area contributed by atoms with Crippen LogP contribution in [-0.2, 0) is 6.54 Å². The summed E-state index contributed by atoms with van der Waals surface area (Å²) < 4.78 is 0. The Balaban J connectivity index is 1.86. The second-order valence-electron chi connectivity index (χ2n) is 6.09. The number of ketones is 1. The molecule has 0 amide bonds. The van der Waals surface area contributed by atoms with Crippen LogP contribution in [0.4, 0.5) is 0 Å². The molecule has 0 aliphatic heterocycles. The van der Waals surface area contributed by atoms with E-state index in [-0.39, 0.29) is 17.7 Å². The van der Waals surface area contributed by atoms with Crippen molar-refractivity contribution in [2.45, 2.75) is 26.4 Å². The van der Waals surface area contributed by atoms with Gasteiger partial charge >= 0.3 is 0 Å². The van der Waals surface area contributed by atoms with Crippen molar-refractivity contribution in [2.24, 2.45) is 5.92 Å². The maximum Gasteiger partial charge on any atom is 0.167 e. The summed E-state index contributed by atoms with van der Waals surface area (Å²) in [6, 6.07) is 16.8. The first-order valence-corrected chi connectivity index (χ1v) is 7.47. The molecular weight excluding hydrogens is 258 g/mol. The number of carbonyl (C=O) groups is 1. The maximum atomic E-state index is 12.4. The molecular formula is C19H21NO. The molecule has 0 saturated carbocycles. The monoisotopic (exact) mass is 279 g/mol. The molecule has 1 aliphatic rings. The molecule has 0 spiro atoms. The van der Waals surface area contributed by atoms with E-state index in [2.05, 4.69) is 49.2 Å². The van der Waals surface area contributed by atoms with E-state index < -0.39 is 0 Å². The van der Waals surface area contributed by atoms with E-state index in [1.54, 1.807) is 0 Å². The van der Waals surface area contributed by atoms with Gasteiger partial charge in [0, 0.05) is 24.1 Å². The molecule has 0 bridgehead atoms. The molecule has 2 atom stereocenters. The summed E-state index contributed by atoms with van der Waals surface area (Å²) in [4.78, 5) is 14.7. The third-order valence-electron chi connectivity index (χ3n) is 4.46. The van der Waals surface area contributed by atoms with Gasteiger partial charge in [0.05, 0.1) is 0 Å². The Hall–Kier alpha value is -1.93. The highest BCUT2D eigenvalue weighted by Crippen LogP contribution is 2.39. The summed E-state index contributed by atoms with van der Waals surface area (Å²) in [6.07, 6.45) is 0. The third kappa shape index (κ3) is 2.52. The molecule has 0 saturated heterocycles. The molecule has 2 aromatic rings. The summed E-state index contributed by atoms with van der Waals surface area (Å²) >= 11 is 0. The number of Topliss-reactive ketones (excluding diaryl/α,β-unsaturated/α-hetero) is 1. The lowest BCUT2D eigenvalue weighted by Crippen LogP contribution is -2.27. The topological polar surface area (TPSA) is 20.3 Å². The fourth-order valence-corrected chi connectivity index (χ4v) is 3.34. The van der Waals surface area contributed by atoms with Gasteiger partial charge in [0.2, 0.25) is 0 Å². The molecule has 0 radical (unpaired) electrons. The quantitative estimate of drug-likeness (QED) is 0.846. The Morgan fingerprint density at radius 2 is 1.71 bits per heavy atom. The number of hydrogen-bond donors (Lipinski definition) is 0. The van der Waals surface area contributed by atoms with Gasteiger partial charge in [-0.25, -0.2) is 0 Å². The van der Waals surface area contributed by atoms with Crippen molar-refractivity contribution in [3.05, 3.63) is 70.8 Å². The summed E-state index contributed by atoms with van der Waals surface area (Å²) in [5.74, 6) is 0.296.